The molecule has 1 amide bonds. The first kappa shape index (κ1) is 19.9. The Bertz CT molecular complexity index is 818. The highest BCUT2D eigenvalue weighted by Crippen LogP contribution is 2.34. The molecule has 0 saturated heterocycles. The van der Waals surface area contributed by atoms with Crippen molar-refractivity contribution in [1.29, 1.82) is 0 Å². The Kier molecular flexibility index (Phi) is 6.72. The van der Waals surface area contributed by atoms with E-state index in [9.17, 15) is 4.79 Å². The number of aryl methyl sites for hydroxylation is 1. The number of hydrogen-bond acceptors (Lipinski definition) is 7. The van der Waals surface area contributed by atoms with Crippen LogP contribution in [0.2, 0.25) is 5.15 Å². The van der Waals surface area contributed by atoms with Crippen LogP contribution in [0.3, 0.4) is 0 Å². The number of carbonyl (C=O) groups excluding carboxylic acids is 1. The largest absolute Gasteiger partial charge is 0.396 e. The normalized spacial score (nSPS) is 11.8. The number of guanidine groups is 1. The van der Waals surface area contributed by atoms with Crippen molar-refractivity contribution in [1.82, 2.24) is 9.97 Å². The van der Waals surface area contributed by atoms with Crippen molar-refractivity contribution in [3.63, 3.8) is 0 Å². The second kappa shape index (κ2) is 8.79. The molecular formula is C15H21ClN8OS. The van der Waals surface area contributed by atoms with Gasteiger partial charge >= 0.3 is 0 Å². The molecule has 0 saturated carbocycles. The van der Waals surface area contributed by atoms with Gasteiger partial charge in [-0.05, 0) is 25.8 Å². The van der Waals surface area contributed by atoms with Gasteiger partial charge in [0.25, 0.3) is 0 Å². The Morgan fingerprint density at radius 3 is 2.85 bits per heavy atom. The summed E-state index contributed by atoms with van der Waals surface area (Å²) in [5, 5.41) is 3.43. The smallest absolute Gasteiger partial charge is 0.243 e. The molecule has 26 heavy (non-hydrogen) atoms. The van der Waals surface area contributed by atoms with Crippen LogP contribution in [0.1, 0.15) is 18.5 Å². The molecule has 0 aliphatic rings. The molecule has 0 aliphatic carbocycles. The molecule has 0 aliphatic heterocycles. The minimum Gasteiger partial charge on any atom is -0.396 e. The molecule has 9 nitrogen and oxygen atoms in total. The molecule has 0 fully saturated rings. The topological polar surface area (TPSA) is 171 Å². The van der Waals surface area contributed by atoms with Gasteiger partial charge in [-0.15, -0.1) is 0 Å². The van der Waals surface area contributed by atoms with E-state index in [1.54, 1.807) is 12.3 Å². The zero-order valence-corrected chi connectivity index (χ0v) is 15.8. The summed E-state index contributed by atoms with van der Waals surface area (Å²) in [5.41, 5.74) is 24.1. The maximum absolute atomic E-state index is 12.2. The second-order valence-electron chi connectivity index (χ2n) is 5.58. The van der Waals surface area contributed by atoms with E-state index in [1.165, 1.54) is 11.3 Å². The highest BCUT2D eigenvalue weighted by molar-refractivity contribution is 7.19. The summed E-state index contributed by atoms with van der Waals surface area (Å²) in [4.78, 5) is 25.3. The molecule has 1 unspecified atom stereocenters. The van der Waals surface area contributed by atoms with Gasteiger partial charge in [0.2, 0.25) is 5.91 Å². The number of aromatic nitrogens is 2. The number of nitrogens with two attached hydrogens (primary N) is 4. The van der Waals surface area contributed by atoms with Gasteiger partial charge in [-0.2, -0.15) is 0 Å². The summed E-state index contributed by atoms with van der Waals surface area (Å²) in [7, 11) is 0. The maximum Gasteiger partial charge on any atom is 0.243 e. The number of nitrogens with one attached hydrogen (secondary N) is 1. The summed E-state index contributed by atoms with van der Waals surface area (Å²) in [6, 6.07) is 1.04. The zero-order chi connectivity index (χ0) is 19.3. The van der Waals surface area contributed by atoms with E-state index in [0.29, 0.717) is 30.2 Å². The molecule has 2 aromatic rings. The quantitative estimate of drug-likeness (QED) is 0.201. The number of nitrogen functional groups attached to an aromatic ring is 1. The Labute approximate surface area is 159 Å². The molecule has 0 radical (unpaired) electrons. The van der Waals surface area contributed by atoms with Gasteiger partial charge in [0.15, 0.2) is 16.2 Å². The van der Waals surface area contributed by atoms with Crippen molar-refractivity contribution < 1.29 is 4.79 Å². The number of amides is 1. The molecular weight excluding hydrogens is 376 g/mol. The van der Waals surface area contributed by atoms with Crippen molar-refractivity contribution in [2.75, 3.05) is 17.6 Å². The lowest BCUT2D eigenvalue weighted by atomic mass is 10.1. The van der Waals surface area contributed by atoms with Gasteiger partial charge in [0, 0.05) is 18.3 Å². The number of rotatable bonds is 7. The Balaban J connectivity index is 2.00. The first-order valence-electron chi connectivity index (χ1n) is 7.78. The van der Waals surface area contributed by atoms with Crippen LogP contribution >= 0.6 is 22.9 Å². The Hall–Kier alpha value is -2.43. The summed E-state index contributed by atoms with van der Waals surface area (Å²) < 4.78 is 0. The first-order chi connectivity index (χ1) is 12.3. The molecule has 1 atom stereocenters. The fraction of sp³-hybridized carbons (Fsp3) is 0.333. The summed E-state index contributed by atoms with van der Waals surface area (Å²) in [6.07, 6.45) is 2.67. The van der Waals surface area contributed by atoms with E-state index in [0.717, 1.165) is 16.1 Å². The lowest BCUT2D eigenvalue weighted by Gasteiger charge is -2.09. The van der Waals surface area contributed by atoms with Crippen LogP contribution in [0, 0.1) is 6.92 Å². The minimum absolute atomic E-state index is 0.0196. The van der Waals surface area contributed by atoms with Crippen molar-refractivity contribution in [2.45, 2.75) is 25.8 Å². The van der Waals surface area contributed by atoms with Crippen molar-refractivity contribution in [2.24, 2.45) is 22.2 Å². The Morgan fingerprint density at radius 1 is 1.46 bits per heavy atom. The number of pyridine rings is 1. The van der Waals surface area contributed by atoms with Crippen LogP contribution < -0.4 is 28.3 Å². The molecule has 2 rings (SSSR count). The van der Waals surface area contributed by atoms with Gasteiger partial charge < -0.3 is 28.3 Å². The zero-order valence-electron chi connectivity index (χ0n) is 14.2. The lowest BCUT2D eigenvalue weighted by molar-refractivity contribution is -0.117. The van der Waals surface area contributed by atoms with Crippen LogP contribution in [-0.2, 0) is 4.79 Å². The minimum atomic E-state index is -0.676. The number of aliphatic imine (C=N–C) groups is 1. The Morgan fingerprint density at radius 2 is 2.19 bits per heavy atom. The van der Waals surface area contributed by atoms with Crippen LogP contribution in [0.25, 0.3) is 10.4 Å². The van der Waals surface area contributed by atoms with Crippen LogP contribution in [0.4, 0.5) is 10.8 Å². The first-order valence-corrected chi connectivity index (χ1v) is 8.98. The van der Waals surface area contributed by atoms with Crippen LogP contribution in [0.5, 0.6) is 0 Å². The fourth-order valence-electron chi connectivity index (χ4n) is 2.16. The van der Waals surface area contributed by atoms with Crippen molar-refractivity contribution in [3.05, 3.63) is 23.1 Å². The molecule has 0 aromatic carbocycles. The van der Waals surface area contributed by atoms with E-state index in [-0.39, 0.29) is 17.0 Å². The van der Waals surface area contributed by atoms with Gasteiger partial charge in [0.05, 0.1) is 22.3 Å². The highest BCUT2D eigenvalue weighted by atomic mass is 35.5. The van der Waals surface area contributed by atoms with Gasteiger partial charge in [-0.3, -0.25) is 9.79 Å². The molecule has 2 heterocycles. The SMILES string of the molecule is Cc1nc(NC(=O)C(N)CCCN=C(N)N)sc1-c1cnc(Cl)c(N)c1. The summed E-state index contributed by atoms with van der Waals surface area (Å²) in [5.74, 6) is -0.296. The molecule has 9 N–H and O–H groups in total. The third-order valence-electron chi connectivity index (χ3n) is 3.46. The standard InChI is InChI=1S/C15H21ClN8OS/c1-7-11(8-5-10(18)12(16)22-6-8)26-15(23-7)24-13(25)9(17)3-2-4-21-14(19)20/h5-6,9H,2-4,17-18H2,1H3,(H4,19,20,21)(H,23,24,25). The predicted octanol–water partition coefficient (Wildman–Crippen LogP) is 1.07. The number of carbonyl (C=O) groups is 1. The average molecular weight is 397 g/mol. The van der Waals surface area contributed by atoms with E-state index in [2.05, 4.69) is 20.3 Å². The van der Waals surface area contributed by atoms with Crippen molar-refractivity contribution >= 4 is 45.6 Å². The van der Waals surface area contributed by atoms with E-state index < -0.39 is 6.04 Å². The molecule has 11 heteroatoms. The second-order valence-corrected chi connectivity index (χ2v) is 6.94. The molecule has 140 valence electrons. The summed E-state index contributed by atoms with van der Waals surface area (Å²) >= 11 is 7.16. The predicted molar refractivity (Wildman–Crippen MR) is 106 cm³/mol. The number of nitrogens with zero attached hydrogens (tertiary/aromatic N) is 3. The highest BCUT2D eigenvalue weighted by Gasteiger charge is 2.17. The van der Waals surface area contributed by atoms with Crippen LogP contribution in [-0.4, -0.2) is 34.4 Å². The molecule has 0 bridgehead atoms. The lowest BCUT2D eigenvalue weighted by Crippen LogP contribution is -2.35. The monoisotopic (exact) mass is 396 g/mol. The third-order valence-corrected chi connectivity index (χ3v) is 4.90. The van der Waals surface area contributed by atoms with Crippen molar-refractivity contribution in [3.8, 4) is 10.4 Å². The number of thiazole rings is 1. The summed E-state index contributed by atoms with van der Waals surface area (Å²) in [6.45, 7) is 2.26. The molecule has 0 spiro atoms. The van der Waals surface area contributed by atoms with Gasteiger partial charge in [-0.1, -0.05) is 22.9 Å². The average Bonchev–Trinajstić information content (AvgIpc) is 2.94. The number of hydrogen-bond donors (Lipinski definition) is 5. The third kappa shape index (κ3) is 5.28. The van der Waals surface area contributed by atoms with E-state index >= 15 is 0 Å². The number of halogens is 1. The van der Waals surface area contributed by atoms with Crippen LogP contribution in [0.15, 0.2) is 17.3 Å². The van der Waals surface area contributed by atoms with Gasteiger partial charge in [0.1, 0.15) is 0 Å². The number of anilines is 2. The van der Waals surface area contributed by atoms with Gasteiger partial charge in [-0.25, -0.2) is 9.97 Å². The fourth-order valence-corrected chi connectivity index (χ4v) is 3.21. The van der Waals surface area contributed by atoms with E-state index in [4.69, 9.17) is 34.5 Å². The van der Waals surface area contributed by atoms with E-state index in [1.807, 2.05) is 6.92 Å². The maximum atomic E-state index is 12.2. The molecule has 2 aromatic heterocycles.